The highest BCUT2D eigenvalue weighted by molar-refractivity contribution is 8.24. The van der Waals surface area contributed by atoms with Crippen molar-refractivity contribution in [2.45, 2.75) is 85.6 Å². The van der Waals surface area contributed by atoms with Crippen molar-refractivity contribution in [2.75, 3.05) is 13.1 Å². The number of piperidine rings is 1. The van der Waals surface area contributed by atoms with E-state index in [9.17, 15) is 39.9 Å². The lowest BCUT2D eigenvalue weighted by Crippen LogP contribution is -2.47. The molecule has 2 aromatic carbocycles. The van der Waals surface area contributed by atoms with Gasteiger partial charge < -0.3 is 14.4 Å². The first-order valence-corrected chi connectivity index (χ1v) is 15.7. The number of carbonyl (C=O) groups is 1. The molecule has 15 heteroatoms. The van der Waals surface area contributed by atoms with Gasteiger partial charge in [0.15, 0.2) is 0 Å². The summed E-state index contributed by atoms with van der Waals surface area (Å²) in [5.41, 5.74) is -1.65. The number of benzene rings is 2. The summed E-state index contributed by atoms with van der Waals surface area (Å²) in [6, 6.07) is 4.15. The van der Waals surface area contributed by atoms with E-state index in [2.05, 4.69) is 9.46 Å². The number of fused-ring (bicyclic) bond motifs is 2. The Kier molecular flexibility index (Phi) is 7.87. The first-order chi connectivity index (χ1) is 18.6. The number of hydrogen-bond acceptors (Lipinski definition) is 7. The van der Waals surface area contributed by atoms with Gasteiger partial charge in [-0.2, -0.15) is 0 Å². The van der Waals surface area contributed by atoms with Crippen molar-refractivity contribution in [1.82, 2.24) is 9.62 Å². The van der Waals surface area contributed by atoms with E-state index in [0.29, 0.717) is 0 Å². The number of hydrogen-bond donors (Lipinski definition) is 3. The fraction of sp³-hybridized carbons (Fsp3) is 0.500. The second kappa shape index (κ2) is 10.3. The second-order valence-corrected chi connectivity index (χ2v) is 15.2. The van der Waals surface area contributed by atoms with Gasteiger partial charge in [0.05, 0.1) is 9.79 Å². The van der Waals surface area contributed by atoms with Gasteiger partial charge in [0.25, 0.3) is 0 Å². The maximum Gasteiger partial charge on any atom is 0.573 e. The lowest BCUT2D eigenvalue weighted by Gasteiger charge is -2.46. The molecule has 1 fully saturated rings. The molecule has 41 heavy (non-hydrogen) atoms. The maximum atomic E-state index is 14.1. The Morgan fingerprint density at radius 1 is 1.05 bits per heavy atom. The van der Waals surface area contributed by atoms with E-state index in [4.69, 9.17) is 4.74 Å². The van der Waals surface area contributed by atoms with Crippen LogP contribution in [0.5, 0.6) is 5.75 Å². The molecule has 0 aromatic heterocycles. The SMILES string of the molecule is CC(C)(C)OC(=O)N1CCC(NS(=O)(=O)c2cc3c(cc2OC(F)(F)F)C(C)(C)c2ccc(F)cc2S3(O)O)CC1. The smallest absolute Gasteiger partial charge is 0.444 e. The van der Waals surface area contributed by atoms with Crippen molar-refractivity contribution >= 4 is 26.7 Å². The van der Waals surface area contributed by atoms with E-state index in [1.807, 2.05) is 0 Å². The largest absolute Gasteiger partial charge is 0.573 e. The Hall–Kier alpha value is -2.59. The van der Waals surface area contributed by atoms with Crippen molar-refractivity contribution < 1.29 is 49.4 Å². The third kappa shape index (κ3) is 6.43. The number of nitrogens with zero attached hydrogens (tertiary/aromatic N) is 1. The quantitative estimate of drug-likeness (QED) is 0.346. The third-order valence-corrected chi connectivity index (χ3v) is 10.4. The number of ether oxygens (including phenoxy) is 2. The molecule has 0 unspecified atom stereocenters. The lowest BCUT2D eigenvalue weighted by atomic mass is 9.77. The number of sulfonamides is 1. The van der Waals surface area contributed by atoms with E-state index >= 15 is 0 Å². The molecule has 3 N–H and O–H groups in total. The van der Waals surface area contributed by atoms with Crippen molar-refractivity contribution in [3.8, 4) is 5.75 Å². The number of amides is 1. The van der Waals surface area contributed by atoms with E-state index < -0.39 is 66.6 Å². The topological polar surface area (TPSA) is 125 Å². The van der Waals surface area contributed by atoms with Crippen molar-refractivity contribution in [1.29, 1.82) is 0 Å². The predicted molar refractivity (Wildman–Crippen MR) is 142 cm³/mol. The number of nitrogens with one attached hydrogen (secondary N) is 1. The molecule has 1 saturated heterocycles. The van der Waals surface area contributed by atoms with Gasteiger partial charge in [0, 0.05) is 24.5 Å². The molecule has 0 radical (unpaired) electrons. The third-order valence-electron chi connectivity index (χ3n) is 6.93. The molecule has 0 saturated carbocycles. The van der Waals surface area contributed by atoms with Crippen LogP contribution in [0.25, 0.3) is 0 Å². The van der Waals surface area contributed by atoms with Gasteiger partial charge in [0.2, 0.25) is 10.0 Å². The highest BCUT2D eigenvalue weighted by Gasteiger charge is 2.44. The van der Waals surface area contributed by atoms with E-state index in [1.165, 1.54) is 11.0 Å². The average molecular weight is 625 g/mol. The Balaban J connectivity index is 1.71. The Labute approximate surface area is 237 Å². The minimum Gasteiger partial charge on any atom is -0.444 e. The van der Waals surface area contributed by atoms with Crippen LogP contribution in [0.4, 0.5) is 22.4 Å². The molecule has 9 nitrogen and oxygen atoms in total. The normalized spacial score (nSPS) is 19.6. The van der Waals surface area contributed by atoms with Crippen LogP contribution in [0, 0.1) is 5.82 Å². The fourth-order valence-electron chi connectivity index (χ4n) is 4.98. The van der Waals surface area contributed by atoms with Crippen LogP contribution in [0.1, 0.15) is 58.6 Å². The summed E-state index contributed by atoms with van der Waals surface area (Å²) in [6.45, 7) is 8.55. The van der Waals surface area contributed by atoms with Crippen LogP contribution < -0.4 is 9.46 Å². The van der Waals surface area contributed by atoms with Crippen molar-refractivity contribution in [2.24, 2.45) is 0 Å². The second-order valence-electron chi connectivity index (χ2n) is 11.5. The van der Waals surface area contributed by atoms with Crippen LogP contribution in [-0.2, 0) is 20.2 Å². The van der Waals surface area contributed by atoms with Crippen LogP contribution in [0.3, 0.4) is 0 Å². The Morgan fingerprint density at radius 3 is 2.20 bits per heavy atom. The molecule has 0 spiro atoms. The molecular weight excluding hydrogens is 592 g/mol. The Bertz CT molecular complexity index is 1460. The van der Waals surface area contributed by atoms with Gasteiger partial charge >= 0.3 is 12.5 Å². The van der Waals surface area contributed by atoms with Crippen LogP contribution in [0.2, 0.25) is 0 Å². The zero-order valence-corrected chi connectivity index (χ0v) is 24.6. The van der Waals surface area contributed by atoms with E-state index in [1.54, 1.807) is 34.6 Å². The summed E-state index contributed by atoms with van der Waals surface area (Å²) >= 11 is 0. The summed E-state index contributed by atoms with van der Waals surface area (Å²) in [5.74, 6) is -1.82. The van der Waals surface area contributed by atoms with Crippen molar-refractivity contribution in [3.63, 3.8) is 0 Å². The lowest BCUT2D eigenvalue weighted by molar-refractivity contribution is -0.275. The standard InChI is InChI=1S/C26H32F4N2O7S2/c1-24(2,3)39-23(33)32-10-8-16(9-11-32)31-41(36,37)22-14-21-18(13-19(22)38-26(28,29)30)25(4,5)17-7-6-15(27)12-20(17)40(21,34)35/h6-7,12-14,16,31,34-35H,8-11H2,1-5H3. The minimum atomic E-state index is -5.26. The first-order valence-electron chi connectivity index (χ1n) is 12.6. The molecule has 0 aliphatic carbocycles. The summed E-state index contributed by atoms with van der Waals surface area (Å²) in [4.78, 5) is 12.2. The minimum absolute atomic E-state index is 0.0134. The molecule has 2 aromatic rings. The molecule has 2 aliphatic rings. The molecule has 0 atom stereocenters. The van der Waals surface area contributed by atoms with Gasteiger partial charge in [0.1, 0.15) is 22.1 Å². The molecule has 4 rings (SSSR count). The maximum absolute atomic E-state index is 14.1. The first kappa shape index (κ1) is 31.3. The number of rotatable bonds is 4. The van der Waals surface area contributed by atoms with Gasteiger partial charge in [-0.15, -0.1) is 23.8 Å². The fourth-order valence-corrected chi connectivity index (χ4v) is 8.54. The van der Waals surface area contributed by atoms with Gasteiger partial charge in [-0.05, 0) is 69.0 Å². The monoisotopic (exact) mass is 624 g/mol. The zero-order valence-electron chi connectivity index (χ0n) is 23.0. The molecule has 2 aliphatic heterocycles. The van der Waals surface area contributed by atoms with Gasteiger partial charge in [-0.25, -0.2) is 22.3 Å². The van der Waals surface area contributed by atoms with Crippen LogP contribution in [0.15, 0.2) is 45.0 Å². The molecule has 2 heterocycles. The molecule has 228 valence electrons. The predicted octanol–water partition coefficient (Wildman–Crippen LogP) is 6.21. The highest BCUT2D eigenvalue weighted by atomic mass is 32.3. The summed E-state index contributed by atoms with van der Waals surface area (Å²) in [6.07, 6.45) is -5.54. The Morgan fingerprint density at radius 2 is 1.63 bits per heavy atom. The summed E-state index contributed by atoms with van der Waals surface area (Å²) in [7, 11) is -8.76. The number of halogens is 4. The number of alkyl halides is 3. The van der Waals surface area contributed by atoms with E-state index in [0.717, 1.165) is 24.3 Å². The summed E-state index contributed by atoms with van der Waals surface area (Å²) in [5, 5.41) is 0. The highest BCUT2D eigenvalue weighted by Crippen LogP contribution is 2.66. The van der Waals surface area contributed by atoms with Crippen LogP contribution in [-0.4, -0.2) is 59.6 Å². The summed E-state index contributed by atoms with van der Waals surface area (Å²) < 4.78 is 116. The van der Waals surface area contributed by atoms with E-state index in [-0.39, 0.29) is 46.8 Å². The molecule has 1 amide bonds. The average Bonchev–Trinajstić information content (AvgIpc) is 2.80. The molecular formula is C26H32F4N2O7S2. The van der Waals surface area contributed by atoms with Gasteiger partial charge in [-0.1, -0.05) is 19.9 Å². The van der Waals surface area contributed by atoms with Gasteiger partial charge in [-0.3, -0.25) is 9.11 Å². The van der Waals surface area contributed by atoms with Crippen molar-refractivity contribution in [3.05, 3.63) is 47.3 Å². The zero-order chi connectivity index (χ0) is 30.8. The number of likely N-dealkylation sites (tertiary alicyclic amines) is 1. The molecule has 0 bridgehead atoms. The van der Waals surface area contributed by atoms with Crippen LogP contribution >= 0.6 is 10.6 Å². The number of carbonyl (C=O) groups excluding carboxylic acids is 1.